The van der Waals surface area contributed by atoms with Crippen LogP contribution in [0.4, 0.5) is 11.9 Å². The summed E-state index contributed by atoms with van der Waals surface area (Å²) in [7, 11) is 0. The van der Waals surface area contributed by atoms with Crippen LogP contribution in [-0.2, 0) is 0 Å². The molecule has 6 nitrogen and oxygen atoms in total. The predicted octanol–water partition coefficient (Wildman–Crippen LogP) is 0.318. The average Bonchev–Trinajstić information content (AvgIpc) is 2.04. The number of aromatic nitrogens is 3. The van der Waals surface area contributed by atoms with Crippen molar-refractivity contribution in [1.82, 2.24) is 15.0 Å². The zero-order valence-electron chi connectivity index (χ0n) is 7.08. The molecule has 0 spiro atoms. The smallest absolute Gasteiger partial charge is 0.230 e. The summed E-state index contributed by atoms with van der Waals surface area (Å²) in [6.45, 7) is 2.36. The van der Waals surface area contributed by atoms with Gasteiger partial charge in [0.15, 0.2) is 0 Å². The molecule has 0 aliphatic heterocycles. The zero-order chi connectivity index (χ0) is 9.68. The minimum atomic E-state index is -0.244. The van der Waals surface area contributed by atoms with Crippen LogP contribution in [0, 0.1) is 0 Å². The number of hydrogen-bond acceptors (Lipinski definition) is 6. The fraction of sp³-hybridized carbons (Fsp3) is 0.500. The molecule has 1 aromatic rings. The van der Waals surface area contributed by atoms with Crippen LogP contribution in [0.5, 0.6) is 0 Å². The van der Waals surface area contributed by atoms with Crippen LogP contribution in [-0.4, -0.2) is 33.3 Å². The van der Waals surface area contributed by atoms with Crippen molar-refractivity contribution in [1.29, 1.82) is 0 Å². The lowest BCUT2D eigenvalue weighted by Crippen LogP contribution is -2.09. The molecule has 0 unspecified atom stereocenters. The number of hydrogen-bond donors (Lipinski definition) is 3. The minimum absolute atomic E-state index is 0.0851. The molecule has 0 atom stereocenters. The average molecular weight is 204 g/mol. The van der Waals surface area contributed by atoms with Crippen LogP contribution in [0.3, 0.4) is 0 Å². The van der Waals surface area contributed by atoms with Crippen LogP contribution in [0.15, 0.2) is 0 Å². The molecule has 72 valence electrons. The van der Waals surface area contributed by atoms with Gasteiger partial charge < -0.3 is 15.7 Å². The molecule has 3 N–H and O–H groups in total. The third kappa shape index (κ3) is 3.00. The highest BCUT2D eigenvalue weighted by Crippen LogP contribution is 2.08. The Labute approximate surface area is 80.4 Å². The van der Waals surface area contributed by atoms with Crippen molar-refractivity contribution in [3.63, 3.8) is 0 Å². The Morgan fingerprint density at radius 3 is 2.38 bits per heavy atom. The van der Waals surface area contributed by atoms with E-state index in [2.05, 4.69) is 25.6 Å². The molecule has 0 saturated heterocycles. The van der Waals surface area contributed by atoms with Gasteiger partial charge in [-0.25, -0.2) is 0 Å². The van der Waals surface area contributed by atoms with Crippen LogP contribution >= 0.6 is 11.6 Å². The van der Waals surface area contributed by atoms with E-state index in [-0.39, 0.29) is 18.0 Å². The van der Waals surface area contributed by atoms with Gasteiger partial charge in [0.1, 0.15) is 6.73 Å². The maximum Gasteiger partial charge on any atom is 0.230 e. The molecular formula is C6H10ClN5O. The standard InChI is InChI=1S/C6H10ClN5O/c1-2-8-5-10-4(7)11-6(12-5)9-3-13/h13H,2-3H2,1H3,(H2,8,9,10,11,12). The van der Waals surface area contributed by atoms with E-state index in [1.807, 2.05) is 6.92 Å². The van der Waals surface area contributed by atoms with Gasteiger partial charge in [-0.2, -0.15) is 15.0 Å². The fourth-order valence-electron chi connectivity index (χ4n) is 0.737. The molecule has 0 radical (unpaired) electrons. The SMILES string of the molecule is CCNc1nc(Cl)nc(NCO)n1. The lowest BCUT2D eigenvalue weighted by Gasteiger charge is -2.04. The zero-order valence-corrected chi connectivity index (χ0v) is 7.84. The molecule has 0 aromatic carbocycles. The molecule has 0 bridgehead atoms. The number of aliphatic hydroxyl groups excluding tert-OH is 1. The van der Waals surface area contributed by atoms with Crippen LogP contribution < -0.4 is 10.6 Å². The van der Waals surface area contributed by atoms with Gasteiger partial charge in [-0.05, 0) is 18.5 Å². The molecule has 1 aromatic heterocycles. The highest BCUT2D eigenvalue weighted by atomic mass is 35.5. The molecule has 0 aliphatic carbocycles. The lowest BCUT2D eigenvalue weighted by molar-refractivity contribution is 0.324. The first-order valence-electron chi connectivity index (χ1n) is 3.76. The highest BCUT2D eigenvalue weighted by Gasteiger charge is 2.02. The van der Waals surface area contributed by atoms with Crippen molar-refractivity contribution < 1.29 is 5.11 Å². The van der Waals surface area contributed by atoms with Gasteiger partial charge in [-0.1, -0.05) is 0 Å². The molecular weight excluding hydrogens is 194 g/mol. The summed E-state index contributed by atoms with van der Waals surface area (Å²) in [5.41, 5.74) is 0. The molecule has 0 amide bonds. The summed E-state index contributed by atoms with van der Waals surface area (Å²) >= 11 is 5.60. The van der Waals surface area contributed by atoms with Gasteiger partial charge in [0.2, 0.25) is 17.2 Å². The number of anilines is 2. The van der Waals surface area contributed by atoms with Gasteiger partial charge in [0.05, 0.1) is 0 Å². The van der Waals surface area contributed by atoms with Crippen molar-refractivity contribution in [3.8, 4) is 0 Å². The van der Waals surface area contributed by atoms with E-state index in [9.17, 15) is 0 Å². The van der Waals surface area contributed by atoms with E-state index in [4.69, 9.17) is 16.7 Å². The van der Waals surface area contributed by atoms with Gasteiger partial charge in [-0.3, -0.25) is 0 Å². The maximum absolute atomic E-state index is 8.56. The Kier molecular flexibility index (Phi) is 3.66. The summed E-state index contributed by atoms with van der Waals surface area (Å²) in [6.07, 6.45) is 0. The Hall–Kier alpha value is -1.14. The lowest BCUT2D eigenvalue weighted by atomic mass is 10.7. The summed E-state index contributed by atoms with van der Waals surface area (Å²) in [6, 6.07) is 0. The molecule has 0 saturated carbocycles. The van der Waals surface area contributed by atoms with Crippen molar-refractivity contribution in [2.24, 2.45) is 0 Å². The Balaban J connectivity index is 2.83. The maximum atomic E-state index is 8.56. The van der Waals surface area contributed by atoms with Crippen molar-refractivity contribution in [2.75, 3.05) is 23.9 Å². The second kappa shape index (κ2) is 4.78. The molecule has 7 heteroatoms. The van der Waals surface area contributed by atoms with Crippen molar-refractivity contribution in [3.05, 3.63) is 5.28 Å². The van der Waals surface area contributed by atoms with Gasteiger partial charge in [0.25, 0.3) is 0 Å². The van der Waals surface area contributed by atoms with Gasteiger partial charge in [0, 0.05) is 6.54 Å². The minimum Gasteiger partial charge on any atom is -0.376 e. The number of nitrogens with one attached hydrogen (secondary N) is 2. The summed E-state index contributed by atoms with van der Waals surface area (Å²) in [4.78, 5) is 11.5. The first-order valence-corrected chi connectivity index (χ1v) is 4.14. The van der Waals surface area contributed by atoms with E-state index in [1.165, 1.54) is 0 Å². The molecule has 0 fully saturated rings. The predicted molar refractivity (Wildman–Crippen MR) is 49.7 cm³/mol. The fourth-order valence-corrected chi connectivity index (χ4v) is 0.897. The van der Waals surface area contributed by atoms with Crippen molar-refractivity contribution in [2.45, 2.75) is 6.92 Å². The van der Waals surface area contributed by atoms with E-state index in [1.54, 1.807) is 0 Å². The number of rotatable bonds is 4. The summed E-state index contributed by atoms with van der Waals surface area (Å²) in [5.74, 6) is 0.636. The second-order valence-corrected chi connectivity index (χ2v) is 2.45. The van der Waals surface area contributed by atoms with Crippen LogP contribution in [0.2, 0.25) is 5.28 Å². The number of nitrogens with zero attached hydrogens (tertiary/aromatic N) is 3. The van der Waals surface area contributed by atoms with E-state index >= 15 is 0 Å². The quantitative estimate of drug-likeness (QED) is 0.612. The Morgan fingerprint density at radius 2 is 1.85 bits per heavy atom. The van der Waals surface area contributed by atoms with Crippen LogP contribution in [0.1, 0.15) is 6.92 Å². The normalized spacial score (nSPS) is 9.77. The molecule has 1 heterocycles. The first kappa shape index (κ1) is 9.94. The summed E-state index contributed by atoms with van der Waals surface area (Å²) in [5, 5.41) is 14.0. The molecule has 1 rings (SSSR count). The second-order valence-electron chi connectivity index (χ2n) is 2.12. The van der Waals surface area contributed by atoms with Gasteiger partial charge in [-0.15, -0.1) is 0 Å². The topological polar surface area (TPSA) is 83.0 Å². The highest BCUT2D eigenvalue weighted by molar-refractivity contribution is 6.28. The monoisotopic (exact) mass is 203 g/mol. The first-order chi connectivity index (χ1) is 6.26. The van der Waals surface area contributed by atoms with E-state index in [0.29, 0.717) is 12.5 Å². The van der Waals surface area contributed by atoms with Gasteiger partial charge >= 0.3 is 0 Å². The largest absolute Gasteiger partial charge is 0.376 e. The van der Waals surface area contributed by atoms with Crippen molar-refractivity contribution >= 4 is 23.5 Å². The molecule has 0 aliphatic rings. The third-order valence-corrected chi connectivity index (χ3v) is 1.35. The Bertz CT molecular complexity index is 257. The van der Waals surface area contributed by atoms with Crippen LogP contribution in [0.25, 0.3) is 0 Å². The summed E-state index contributed by atoms with van der Waals surface area (Å²) < 4.78 is 0. The van der Waals surface area contributed by atoms with E-state index < -0.39 is 0 Å². The number of halogens is 1. The van der Waals surface area contributed by atoms with E-state index in [0.717, 1.165) is 0 Å². The third-order valence-electron chi connectivity index (χ3n) is 1.18. The Morgan fingerprint density at radius 1 is 1.23 bits per heavy atom. The number of aliphatic hydroxyl groups is 1. The molecule has 13 heavy (non-hydrogen) atoms.